The van der Waals surface area contributed by atoms with Crippen LogP contribution in [0.3, 0.4) is 0 Å². The number of para-hydroxylation sites is 2. The fourth-order valence-electron chi connectivity index (χ4n) is 3.16. The molecule has 174 valence electrons. The van der Waals surface area contributed by atoms with Gasteiger partial charge in [-0.3, -0.25) is 14.9 Å². The highest BCUT2D eigenvalue weighted by atomic mass is 32.1. The van der Waals surface area contributed by atoms with Crippen molar-refractivity contribution in [2.45, 2.75) is 0 Å². The van der Waals surface area contributed by atoms with Crippen LogP contribution in [-0.4, -0.2) is 16.9 Å². The maximum absolute atomic E-state index is 12.9. The van der Waals surface area contributed by atoms with Crippen LogP contribution in [-0.2, 0) is 4.79 Å². The molecule has 35 heavy (non-hydrogen) atoms. The van der Waals surface area contributed by atoms with Crippen LogP contribution in [0.25, 0.3) is 6.08 Å². The van der Waals surface area contributed by atoms with E-state index in [0.717, 1.165) is 11.4 Å². The number of carbonyl (C=O) groups is 2. The number of anilines is 4. The van der Waals surface area contributed by atoms with Crippen LogP contribution in [0.4, 0.5) is 22.7 Å². The Bertz CT molecular complexity index is 1330. The summed E-state index contributed by atoms with van der Waals surface area (Å²) < 4.78 is 5.15. The topological polar surface area (TPSA) is 95.4 Å². The maximum Gasteiger partial charge on any atom is 0.257 e. The van der Waals surface area contributed by atoms with Crippen LogP contribution < -0.4 is 21.3 Å². The number of hydrogen-bond acceptors (Lipinski definition) is 5. The molecule has 1 heterocycles. The first kappa shape index (κ1) is 23.5. The third-order valence-electron chi connectivity index (χ3n) is 4.80. The van der Waals surface area contributed by atoms with Crippen molar-refractivity contribution >= 4 is 58.0 Å². The molecular formula is C27H22N4O3S. The molecule has 0 saturated heterocycles. The Labute approximate surface area is 207 Å². The molecule has 2 amide bonds. The van der Waals surface area contributed by atoms with Gasteiger partial charge in [-0.2, -0.15) is 0 Å². The lowest BCUT2D eigenvalue weighted by Gasteiger charge is -2.13. The summed E-state index contributed by atoms with van der Waals surface area (Å²) in [5.74, 6) is -0.196. The Morgan fingerprint density at radius 2 is 1.43 bits per heavy atom. The normalized spacial score (nSPS) is 10.5. The minimum Gasteiger partial charge on any atom is -0.465 e. The molecule has 4 N–H and O–H groups in total. The zero-order chi connectivity index (χ0) is 24.5. The van der Waals surface area contributed by atoms with Crippen LogP contribution >= 0.6 is 12.2 Å². The summed E-state index contributed by atoms with van der Waals surface area (Å²) in [6, 6.07) is 27.6. The van der Waals surface area contributed by atoms with Crippen molar-refractivity contribution in [2.75, 3.05) is 16.0 Å². The number of benzene rings is 3. The molecule has 0 aliphatic carbocycles. The third kappa shape index (κ3) is 6.89. The summed E-state index contributed by atoms with van der Waals surface area (Å²) in [4.78, 5) is 25.0. The summed E-state index contributed by atoms with van der Waals surface area (Å²) in [6.07, 6.45) is 4.35. The fraction of sp³-hybridized carbons (Fsp3) is 0. The largest absolute Gasteiger partial charge is 0.465 e. The van der Waals surface area contributed by atoms with E-state index in [9.17, 15) is 9.59 Å². The van der Waals surface area contributed by atoms with Gasteiger partial charge in [0.1, 0.15) is 5.76 Å². The molecule has 0 aliphatic heterocycles. The Morgan fingerprint density at radius 3 is 2.17 bits per heavy atom. The molecular weight excluding hydrogens is 460 g/mol. The molecule has 0 bridgehead atoms. The number of rotatable bonds is 7. The molecule has 0 radical (unpaired) electrons. The monoisotopic (exact) mass is 482 g/mol. The van der Waals surface area contributed by atoms with Gasteiger partial charge in [-0.25, -0.2) is 0 Å². The second-order valence-electron chi connectivity index (χ2n) is 7.36. The van der Waals surface area contributed by atoms with Crippen molar-refractivity contribution in [3.05, 3.63) is 115 Å². The minimum atomic E-state index is -0.426. The number of hydrogen-bond donors (Lipinski definition) is 4. The average molecular weight is 483 g/mol. The second kappa shape index (κ2) is 11.4. The predicted octanol–water partition coefficient (Wildman–Crippen LogP) is 5.80. The van der Waals surface area contributed by atoms with Gasteiger partial charge in [0, 0.05) is 23.1 Å². The Balaban J connectivity index is 1.36. The predicted molar refractivity (Wildman–Crippen MR) is 143 cm³/mol. The van der Waals surface area contributed by atoms with Crippen molar-refractivity contribution in [1.29, 1.82) is 0 Å². The standard InChI is InChI=1S/C27H22N4O3S/c32-25(17-16-22-9-6-18-34-22)31-27(35)30-24-11-5-4-10-23(24)26(33)29-21-14-12-20(13-15-21)28-19-7-2-1-3-8-19/h1-18,28H,(H,29,33)(H2,30,31,32,35)/b17-16+. The van der Waals surface area contributed by atoms with Gasteiger partial charge in [0.2, 0.25) is 5.91 Å². The van der Waals surface area contributed by atoms with E-state index in [2.05, 4.69) is 21.3 Å². The molecule has 3 aromatic carbocycles. The molecule has 0 spiro atoms. The zero-order valence-corrected chi connectivity index (χ0v) is 19.3. The summed E-state index contributed by atoms with van der Waals surface area (Å²) in [6.45, 7) is 0. The second-order valence-corrected chi connectivity index (χ2v) is 7.77. The van der Waals surface area contributed by atoms with Gasteiger partial charge in [-0.1, -0.05) is 30.3 Å². The Hall–Kier alpha value is -4.69. The fourth-order valence-corrected chi connectivity index (χ4v) is 3.38. The summed E-state index contributed by atoms with van der Waals surface area (Å²) in [5.41, 5.74) is 3.36. The molecule has 7 nitrogen and oxygen atoms in total. The van der Waals surface area contributed by atoms with Crippen LogP contribution in [0.2, 0.25) is 0 Å². The van der Waals surface area contributed by atoms with Crippen LogP contribution in [0.5, 0.6) is 0 Å². The lowest BCUT2D eigenvalue weighted by atomic mass is 10.1. The number of thiocarbonyl (C=S) groups is 1. The first-order valence-electron chi connectivity index (χ1n) is 10.7. The van der Waals surface area contributed by atoms with E-state index >= 15 is 0 Å². The number of furan rings is 1. The summed E-state index contributed by atoms with van der Waals surface area (Å²) in [5, 5.41) is 11.7. The highest BCUT2D eigenvalue weighted by molar-refractivity contribution is 7.80. The Morgan fingerprint density at radius 1 is 0.743 bits per heavy atom. The van der Waals surface area contributed by atoms with Gasteiger partial charge < -0.3 is 20.4 Å². The molecule has 4 rings (SSSR count). The Kier molecular flexibility index (Phi) is 7.67. The zero-order valence-electron chi connectivity index (χ0n) is 18.5. The van der Waals surface area contributed by atoms with E-state index < -0.39 is 5.91 Å². The molecule has 1 aromatic heterocycles. The highest BCUT2D eigenvalue weighted by Gasteiger charge is 2.13. The molecule has 8 heteroatoms. The van der Waals surface area contributed by atoms with Gasteiger partial charge in [-0.05, 0) is 79.0 Å². The lowest BCUT2D eigenvalue weighted by Crippen LogP contribution is -2.33. The molecule has 0 saturated carbocycles. The first-order chi connectivity index (χ1) is 17.1. The van der Waals surface area contributed by atoms with E-state index in [-0.39, 0.29) is 11.0 Å². The number of nitrogens with one attached hydrogen (secondary N) is 4. The third-order valence-corrected chi connectivity index (χ3v) is 5.01. The molecule has 0 atom stereocenters. The summed E-state index contributed by atoms with van der Waals surface area (Å²) >= 11 is 5.23. The van der Waals surface area contributed by atoms with Crippen LogP contribution in [0.15, 0.2) is 108 Å². The van der Waals surface area contributed by atoms with E-state index in [1.165, 1.54) is 18.4 Å². The quantitative estimate of drug-likeness (QED) is 0.196. The van der Waals surface area contributed by atoms with Gasteiger partial charge in [-0.15, -0.1) is 0 Å². The molecule has 0 unspecified atom stereocenters. The van der Waals surface area contributed by atoms with Crippen LogP contribution in [0.1, 0.15) is 16.1 Å². The lowest BCUT2D eigenvalue weighted by molar-refractivity contribution is -0.115. The van der Waals surface area contributed by atoms with Crippen LogP contribution in [0, 0.1) is 0 Å². The number of carbonyl (C=O) groups excluding carboxylic acids is 2. The maximum atomic E-state index is 12.9. The smallest absolute Gasteiger partial charge is 0.257 e. The van der Waals surface area contributed by atoms with Crippen molar-refractivity contribution in [3.63, 3.8) is 0 Å². The van der Waals surface area contributed by atoms with Crippen molar-refractivity contribution in [3.8, 4) is 0 Å². The van der Waals surface area contributed by atoms with Gasteiger partial charge >= 0.3 is 0 Å². The molecule has 0 aliphatic rings. The van der Waals surface area contributed by atoms with E-state index in [1.807, 2.05) is 54.6 Å². The minimum absolute atomic E-state index is 0.0654. The van der Waals surface area contributed by atoms with Gasteiger partial charge in [0.15, 0.2) is 5.11 Å². The van der Waals surface area contributed by atoms with Crippen molar-refractivity contribution in [1.82, 2.24) is 5.32 Å². The van der Waals surface area contributed by atoms with Crippen molar-refractivity contribution < 1.29 is 14.0 Å². The van der Waals surface area contributed by atoms with Gasteiger partial charge in [0.05, 0.1) is 17.5 Å². The average Bonchev–Trinajstić information content (AvgIpc) is 3.39. The highest BCUT2D eigenvalue weighted by Crippen LogP contribution is 2.21. The number of amides is 2. The van der Waals surface area contributed by atoms with E-state index in [4.69, 9.17) is 16.6 Å². The first-order valence-corrected chi connectivity index (χ1v) is 11.1. The van der Waals surface area contributed by atoms with Gasteiger partial charge in [0.25, 0.3) is 5.91 Å². The summed E-state index contributed by atoms with van der Waals surface area (Å²) in [7, 11) is 0. The van der Waals surface area contributed by atoms with E-state index in [1.54, 1.807) is 36.4 Å². The van der Waals surface area contributed by atoms with E-state index in [0.29, 0.717) is 22.7 Å². The molecule has 4 aromatic rings. The SMILES string of the molecule is O=C(/C=C/c1ccco1)NC(=S)Nc1ccccc1C(=O)Nc1ccc(Nc2ccccc2)cc1. The van der Waals surface area contributed by atoms with Crippen molar-refractivity contribution in [2.24, 2.45) is 0 Å². The molecule has 0 fully saturated rings.